The van der Waals surface area contributed by atoms with Crippen LogP contribution in [0, 0.1) is 5.92 Å². The van der Waals surface area contributed by atoms with Crippen LogP contribution in [0.3, 0.4) is 0 Å². The maximum atomic E-state index is 9.85. The standard InChI is InChI=1S/C16H23NO3/c18-9-12-1-7-15(8-2-12)20-11-16(10-19,13-3-4-13)17-14-5-6-14/h1-2,7-8,13-14,17-19H,3-6,9-11H2. The third-order valence-corrected chi connectivity index (χ3v) is 4.31. The Hall–Kier alpha value is -1.10. The second-order valence-corrected chi connectivity index (χ2v) is 6.10. The molecule has 1 aromatic carbocycles. The van der Waals surface area contributed by atoms with Crippen LogP contribution in [-0.4, -0.2) is 35.0 Å². The molecule has 0 aromatic heterocycles. The number of aliphatic hydroxyl groups excluding tert-OH is 2. The lowest BCUT2D eigenvalue weighted by Gasteiger charge is -2.33. The predicted octanol–water partition coefficient (Wildman–Crippen LogP) is 1.45. The monoisotopic (exact) mass is 277 g/mol. The van der Waals surface area contributed by atoms with E-state index in [2.05, 4.69) is 5.32 Å². The van der Waals surface area contributed by atoms with Gasteiger partial charge in [-0.1, -0.05) is 12.1 Å². The van der Waals surface area contributed by atoms with Crippen molar-refractivity contribution in [2.24, 2.45) is 5.92 Å². The first-order valence-electron chi connectivity index (χ1n) is 7.47. The molecule has 0 saturated heterocycles. The summed E-state index contributed by atoms with van der Waals surface area (Å²) >= 11 is 0. The molecule has 2 saturated carbocycles. The predicted molar refractivity (Wildman–Crippen MR) is 76.6 cm³/mol. The van der Waals surface area contributed by atoms with Crippen LogP contribution in [0.15, 0.2) is 24.3 Å². The zero-order valence-electron chi connectivity index (χ0n) is 11.7. The molecule has 2 aliphatic rings. The van der Waals surface area contributed by atoms with Gasteiger partial charge in [0.25, 0.3) is 0 Å². The zero-order valence-corrected chi connectivity index (χ0v) is 11.7. The normalized spacial score (nSPS) is 21.5. The molecule has 2 fully saturated rings. The largest absolute Gasteiger partial charge is 0.492 e. The van der Waals surface area contributed by atoms with Gasteiger partial charge in [-0.15, -0.1) is 0 Å². The molecule has 0 radical (unpaired) electrons. The average molecular weight is 277 g/mol. The van der Waals surface area contributed by atoms with Crippen molar-refractivity contribution in [3.05, 3.63) is 29.8 Å². The van der Waals surface area contributed by atoms with Crippen LogP contribution in [-0.2, 0) is 6.61 Å². The highest BCUT2D eigenvalue weighted by Crippen LogP contribution is 2.41. The number of aliphatic hydroxyl groups is 2. The van der Waals surface area contributed by atoms with Crippen LogP contribution in [0.25, 0.3) is 0 Å². The molecule has 4 heteroatoms. The number of nitrogens with one attached hydrogen (secondary N) is 1. The van der Waals surface area contributed by atoms with E-state index in [4.69, 9.17) is 9.84 Å². The average Bonchev–Trinajstić information content (AvgIpc) is 3.37. The summed E-state index contributed by atoms with van der Waals surface area (Å²) in [5.41, 5.74) is 0.598. The topological polar surface area (TPSA) is 61.7 Å². The summed E-state index contributed by atoms with van der Waals surface area (Å²) < 4.78 is 5.89. The van der Waals surface area contributed by atoms with Crippen LogP contribution >= 0.6 is 0 Å². The molecular formula is C16H23NO3. The number of hydrogen-bond acceptors (Lipinski definition) is 4. The van der Waals surface area contributed by atoms with Gasteiger partial charge in [0.05, 0.1) is 18.8 Å². The summed E-state index contributed by atoms with van der Waals surface area (Å²) in [6.45, 7) is 0.679. The van der Waals surface area contributed by atoms with Gasteiger partial charge in [-0.2, -0.15) is 0 Å². The first-order chi connectivity index (χ1) is 9.75. The van der Waals surface area contributed by atoms with Crippen molar-refractivity contribution in [2.45, 2.75) is 43.9 Å². The lowest BCUT2D eigenvalue weighted by Crippen LogP contribution is -2.56. The molecular weight excluding hydrogens is 254 g/mol. The highest BCUT2D eigenvalue weighted by atomic mass is 16.5. The molecule has 3 rings (SSSR count). The number of rotatable bonds is 8. The summed E-state index contributed by atoms with van der Waals surface area (Å²) in [6, 6.07) is 8.03. The van der Waals surface area contributed by atoms with E-state index in [0.29, 0.717) is 18.6 Å². The molecule has 2 aliphatic carbocycles. The first-order valence-corrected chi connectivity index (χ1v) is 7.47. The number of benzene rings is 1. The van der Waals surface area contributed by atoms with E-state index in [1.807, 2.05) is 24.3 Å². The molecule has 0 aliphatic heterocycles. The Labute approximate surface area is 119 Å². The highest BCUT2D eigenvalue weighted by molar-refractivity contribution is 5.27. The Morgan fingerprint density at radius 1 is 1.10 bits per heavy atom. The molecule has 0 amide bonds. The Kier molecular flexibility index (Phi) is 3.96. The molecule has 4 nitrogen and oxygen atoms in total. The van der Waals surface area contributed by atoms with Crippen molar-refractivity contribution in [3.8, 4) is 5.75 Å². The van der Waals surface area contributed by atoms with E-state index in [-0.39, 0.29) is 18.8 Å². The zero-order chi connectivity index (χ0) is 14.0. The first kappa shape index (κ1) is 13.9. The van der Waals surface area contributed by atoms with Gasteiger partial charge in [0, 0.05) is 6.04 Å². The van der Waals surface area contributed by atoms with Crippen molar-refractivity contribution in [1.82, 2.24) is 5.32 Å². The third-order valence-electron chi connectivity index (χ3n) is 4.31. The van der Waals surface area contributed by atoms with Crippen LogP contribution in [0.2, 0.25) is 0 Å². The fourth-order valence-electron chi connectivity index (χ4n) is 2.67. The van der Waals surface area contributed by atoms with Gasteiger partial charge in [-0.3, -0.25) is 0 Å². The minimum absolute atomic E-state index is 0.0478. The van der Waals surface area contributed by atoms with Gasteiger partial charge >= 0.3 is 0 Å². The lowest BCUT2D eigenvalue weighted by molar-refractivity contribution is 0.0831. The summed E-state index contributed by atoms with van der Waals surface area (Å²) in [5, 5.41) is 22.5. The molecule has 20 heavy (non-hydrogen) atoms. The lowest BCUT2D eigenvalue weighted by atomic mass is 9.95. The maximum absolute atomic E-state index is 9.85. The van der Waals surface area contributed by atoms with Gasteiger partial charge < -0.3 is 20.3 Å². The van der Waals surface area contributed by atoms with E-state index in [9.17, 15) is 5.11 Å². The van der Waals surface area contributed by atoms with Crippen molar-refractivity contribution in [2.75, 3.05) is 13.2 Å². The van der Waals surface area contributed by atoms with Crippen molar-refractivity contribution >= 4 is 0 Å². The Bertz CT molecular complexity index is 440. The molecule has 0 heterocycles. The second kappa shape index (κ2) is 5.72. The molecule has 1 aromatic rings. The smallest absolute Gasteiger partial charge is 0.119 e. The molecule has 1 unspecified atom stereocenters. The van der Waals surface area contributed by atoms with E-state index in [1.165, 1.54) is 25.7 Å². The fraction of sp³-hybridized carbons (Fsp3) is 0.625. The molecule has 3 N–H and O–H groups in total. The number of hydrogen-bond donors (Lipinski definition) is 3. The molecule has 1 atom stereocenters. The van der Waals surface area contributed by atoms with Crippen molar-refractivity contribution in [1.29, 1.82) is 0 Å². The van der Waals surface area contributed by atoms with Crippen LogP contribution in [0.5, 0.6) is 5.75 Å². The fourth-order valence-corrected chi connectivity index (χ4v) is 2.67. The highest BCUT2D eigenvalue weighted by Gasteiger charge is 2.48. The van der Waals surface area contributed by atoms with Crippen LogP contribution in [0.4, 0.5) is 0 Å². The summed E-state index contributed by atoms with van der Waals surface area (Å²) in [4.78, 5) is 0. The molecule has 110 valence electrons. The second-order valence-electron chi connectivity index (χ2n) is 6.10. The third kappa shape index (κ3) is 3.14. The van der Waals surface area contributed by atoms with Gasteiger partial charge in [0.1, 0.15) is 12.4 Å². The van der Waals surface area contributed by atoms with E-state index in [1.54, 1.807) is 0 Å². The minimum atomic E-state index is -0.281. The van der Waals surface area contributed by atoms with E-state index in [0.717, 1.165) is 11.3 Å². The van der Waals surface area contributed by atoms with Crippen molar-refractivity contribution in [3.63, 3.8) is 0 Å². The molecule has 0 spiro atoms. The van der Waals surface area contributed by atoms with Gasteiger partial charge in [0.15, 0.2) is 0 Å². The SMILES string of the molecule is OCc1ccc(OCC(CO)(NC2CC2)C2CC2)cc1. The van der Waals surface area contributed by atoms with Gasteiger partial charge in [0.2, 0.25) is 0 Å². The van der Waals surface area contributed by atoms with Crippen molar-refractivity contribution < 1.29 is 14.9 Å². The Balaban J connectivity index is 1.63. The minimum Gasteiger partial charge on any atom is -0.492 e. The van der Waals surface area contributed by atoms with Crippen LogP contribution < -0.4 is 10.1 Å². The van der Waals surface area contributed by atoms with Gasteiger partial charge in [-0.05, 0) is 49.3 Å². The summed E-state index contributed by atoms with van der Waals surface area (Å²) in [6.07, 6.45) is 4.76. The summed E-state index contributed by atoms with van der Waals surface area (Å²) in [5.74, 6) is 1.32. The van der Waals surface area contributed by atoms with E-state index >= 15 is 0 Å². The number of ether oxygens (including phenoxy) is 1. The summed E-state index contributed by atoms with van der Waals surface area (Å²) in [7, 11) is 0. The Morgan fingerprint density at radius 3 is 2.30 bits per heavy atom. The molecule has 0 bridgehead atoms. The van der Waals surface area contributed by atoms with Gasteiger partial charge in [-0.25, -0.2) is 0 Å². The quantitative estimate of drug-likeness (QED) is 0.673. The van der Waals surface area contributed by atoms with Crippen LogP contribution in [0.1, 0.15) is 31.2 Å². The van der Waals surface area contributed by atoms with E-state index < -0.39 is 0 Å². The Morgan fingerprint density at radius 2 is 1.80 bits per heavy atom. The maximum Gasteiger partial charge on any atom is 0.119 e.